The van der Waals surface area contributed by atoms with Crippen molar-refractivity contribution in [3.8, 4) is 0 Å². The Labute approximate surface area is 91.3 Å². The predicted octanol–water partition coefficient (Wildman–Crippen LogP) is 3.05. The lowest BCUT2D eigenvalue weighted by atomic mass is 9.97. The molecule has 0 saturated carbocycles. The number of esters is 1. The predicted molar refractivity (Wildman–Crippen MR) is 60.8 cm³/mol. The van der Waals surface area contributed by atoms with E-state index in [4.69, 9.17) is 4.74 Å². The lowest BCUT2D eigenvalue weighted by Gasteiger charge is -2.15. The lowest BCUT2D eigenvalue weighted by molar-refractivity contribution is -0.148. The largest absolute Gasteiger partial charge is 0.463 e. The van der Waals surface area contributed by atoms with Crippen LogP contribution in [0.25, 0.3) is 0 Å². The number of rotatable bonds is 3. The maximum Gasteiger partial charge on any atom is 0.313 e. The Bertz CT molecular complexity index is 342. The van der Waals surface area contributed by atoms with Gasteiger partial charge in [0.15, 0.2) is 0 Å². The van der Waals surface area contributed by atoms with Crippen LogP contribution in [-0.4, -0.2) is 12.1 Å². The average Bonchev–Trinajstić information content (AvgIpc) is 2.16. The highest BCUT2D eigenvalue weighted by Gasteiger charge is 2.18. The number of carbonyl (C=O) groups is 1. The van der Waals surface area contributed by atoms with E-state index < -0.39 is 0 Å². The van der Waals surface area contributed by atoms with Crippen molar-refractivity contribution >= 4 is 5.97 Å². The minimum Gasteiger partial charge on any atom is -0.463 e. The van der Waals surface area contributed by atoms with Crippen LogP contribution in [0.2, 0.25) is 0 Å². The Morgan fingerprint density at radius 2 is 1.80 bits per heavy atom. The standard InChI is InChI=1S/C13H18O2/c1-9(2)15-13(14)11(4)12-8-6-5-7-10(12)3/h5-9,11H,1-4H3/t11-/m1/s1. The maximum atomic E-state index is 11.7. The summed E-state index contributed by atoms with van der Waals surface area (Å²) >= 11 is 0. The van der Waals surface area contributed by atoms with Crippen molar-refractivity contribution in [1.82, 2.24) is 0 Å². The summed E-state index contributed by atoms with van der Waals surface area (Å²) in [4.78, 5) is 11.7. The fraction of sp³-hybridized carbons (Fsp3) is 0.462. The van der Waals surface area contributed by atoms with Crippen molar-refractivity contribution < 1.29 is 9.53 Å². The minimum atomic E-state index is -0.186. The summed E-state index contributed by atoms with van der Waals surface area (Å²) in [5.74, 6) is -0.340. The SMILES string of the molecule is Cc1ccccc1[C@@H](C)C(=O)OC(C)C. The summed E-state index contributed by atoms with van der Waals surface area (Å²) in [7, 11) is 0. The Kier molecular flexibility index (Phi) is 3.89. The zero-order valence-electron chi connectivity index (χ0n) is 9.78. The molecule has 0 spiro atoms. The Morgan fingerprint density at radius 3 is 2.33 bits per heavy atom. The third kappa shape index (κ3) is 3.08. The van der Waals surface area contributed by atoms with Crippen molar-refractivity contribution in [2.75, 3.05) is 0 Å². The molecule has 0 amide bonds. The normalized spacial score (nSPS) is 12.6. The van der Waals surface area contributed by atoms with Crippen LogP contribution in [0.3, 0.4) is 0 Å². The molecule has 0 heterocycles. The first-order valence-electron chi connectivity index (χ1n) is 5.28. The van der Waals surface area contributed by atoms with Gasteiger partial charge >= 0.3 is 5.97 Å². The van der Waals surface area contributed by atoms with Crippen LogP contribution in [0.1, 0.15) is 37.8 Å². The number of hydrogen-bond donors (Lipinski definition) is 0. The summed E-state index contributed by atoms with van der Waals surface area (Å²) in [6, 6.07) is 7.90. The van der Waals surface area contributed by atoms with E-state index in [1.165, 1.54) is 0 Å². The van der Waals surface area contributed by atoms with Crippen LogP contribution in [-0.2, 0) is 9.53 Å². The molecule has 0 N–H and O–H groups in total. The number of carbonyl (C=O) groups excluding carboxylic acids is 1. The highest BCUT2D eigenvalue weighted by atomic mass is 16.5. The molecule has 0 fully saturated rings. The molecule has 0 unspecified atom stereocenters. The van der Waals surface area contributed by atoms with Gasteiger partial charge in [-0.15, -0.1) is 0 Å². The van der Waals surface area contributed by atoms with Gasteiger partial charge in [0.05, 0.1) is 12.0 Å². The molecule has 1 aromatic rings. The van der Waals surface area contributed by atoms with Crippen molar-refractivity contribution in [2.24, 2.45) is 0 Å². The molecule has 0 radical (unpaired) electrons. The van der Waals surface area contributed by atoms with Gasteiger partial charge in [0, 0.05) is 0 Å². The molecule has 1 aromatic carbocycles. The van der Waals surface area contributed by atoms with E-state index in [1.54, 1.807) is 0 Å². The molecule has 15 heavy (non-hydrogen) atoms. The Morgan fingerprint density at radius 1 is 1.20 bits per heavy atom. The van der Waals surface area contributed by atoms with Crippen LogP contribution in [0.5, 0.6) is 0 Å². The molecule has 82 valence electrons. The number of benzene rings is 1. The second kappa shape index (κ2) is 4.96. The lowest BCUT2D eigenvalue weighted by Crippen LogP contribution is -2.18. The molecule has 2 nitrogen and oxygen atoms in total. The van der Waals surface area contributed by atoms with Crippen LogP contribution in [0.15, 0.2) is 24.3 Å². The van der Waals surface area contributed by atoms with Gasteiger partial charge in [-0.3, -0.25) is 4.79 Å². The molecular weight excluding hydrogens is 188 g/mol. The van der Waals surface area contributed by atoms with Gasteiger partial charge in [0.2, 0.25) is 0 Å². The van der Waals surface area contributed by atoms with Gasteiger partial charge in [-0.05, 0) is 38.8 Å². The zero-order valence-corrected chi connectivity index (χ0v) is 9.78. The van der Waals surface area contributed by atoms with Crippen LogP contribution < -0.4 is 0 Å². The molecular formula is C13H18O2. The summed E-state index contributed by atoms with van der Waals surface area (Å²) in [5.41, 5.74) is 2.17. The van der Waals surface area contributed by atoms with Gasteiger partial charge < -0.3 is 4.74 Å². The number of aryl methyl sites for hydroxylation is 1. The fourth-order valence-corrected chi connectivity index (χ4v) is 1.53. The molecule has 0 aliphatic carbocycles. The van der Waals surface area contributed by atoms with Crippen LogP contribution in [0.4, 0.5) is 0 Å². The van der Waals surface area contributed by atoms with E-state index >= 15 is 0 Å². The van der Waals surface area contributed by atoms with Crippen LogP contribution >= 0.6 is 0 Å². The molecule has 0 aliphatic heterocycles. The molecule has 0 aromatic heterocycles. The minimum absolute atomic E-state index is 0.0519. The topological polar surface area (TPSA) is 26.3 Å². The van der Waals surface area contributed by atoms with Crippen molar-refractivity contribution in [1.29, 1.82) is 0 Å². The number of ether oxygens (including phenoxy) is 1. The Hall–Kier alpha value is -1.31. The highest BCUT2D eigenvalue weighted by molar-refractivity contribution is 5.78. The van der Waals surface area contributed by atoms with Gasteiger partial charge in [-0.25, -0.2) is 0 Å². The smallest absolute Gasteiger partial charge is 0.313 e. The second-order valence-corrected chi connectivity index (χ2v) is 4.06. The second-order valence-electron chi connectivity index (χ2n) is 4.06. The van der Waals surface area contributed by atoms with Crippen molar-refractivity contribution in [3.63, 3.8) is 0 Å². The van der Waals surface area contributed by atoms with E-state index in [1.807, 2.05) is 52.0 Å². The summed E-state index contributed by atoms with van der Waals surface area (Å²) in [6.07, 6.45) is -0.0519. The van der Waals surface area contributed by atoms with Crippen LogP contribution in [0, 0.1) is 6.92 Å². The van der Waals surface area contributed by atoms with Crippen molar-refractivity contribution in [3.05, 3.63) is 35.4 Å². The van der Waals surface area contributed by atoms with Gasteiger partial charge in [-0.2, -0.15) is 0 Å². The van der Waals surface area contributed by atoms with E-state index in [-0.39, 0.29) is 18.0 Å². The first-order valence-corrected chi connectivity index (χ1v) is 5.28. The summed E-state index contributed by atoms with van der Waals surface area (Å²) < 4.78 is 5.18. The van der Waals surface area contributed by atoms with Crippen molar-refractivity contribution in [2.45, 2.75) is 39.7 Å². The maximum absolute atomic E-state index is 11.7. The molecule has 0 bridgehead atoms. The first-order chi connectivity index (χ1) is 7.02. The monoisotopic (exact) mass is 206 g/mol. The molecule has 0 saturated heterocycles. The summed E-state index contributed by atoms with van der Waals surface area (Å²) in [5, 5.41) is 0. The van der Waals surface area contributed by atoms with E-state index in [0.717, 1.165) is 11.1 Å². The van der Waals surface area contributed by atoms with Gasteiger partial charge in [0.1, 0.15) is 0 Å². The Balaban J connectivity index is 2.81. The number of hydrogen-bond acceptors (Lipinski definition) is 2. The zero-order chi connectivity index (χ0) is 11.4. The van der Waals surface area contributed by atoms with Gasteiger partial charge in [0.25, 0.3) is 0 Å². The highest BCUT2D eigenvalue weighted by Crippen LogP contribution is 2.20. The first kappa shape index (κ1) is 11.8. The van der Waals surface area contributed by atoms with Gasteiger partial charge in [-0.1, -0.05) is 24.3 Å². The quantitative estimate of drug-likeness (QED) is 0.710. The van der Waals surface area contributed by atoms with E-state index in [2.05, 4.69) is 0 Å². The molecule has 0 aliphatic rings. The third-order valence-electron chi connectivity index (χ3n) is 2.36. The molecule has 2 heteroatoms. The average molecular weight is 206 g/mol. The molecule has 1 rings (SSSR count). The van der Waals surface area contributed by atoms with E-state index in [9.17, 15) is 4.79 Å². The van der Waals surface area contributed by atoms with E-state index in [0.29, 0.717) is 0 Å². The fourth-order valence-electron chi connectivity index (χ4n) is 1.53. The third-order valence-corrected chi connectivity index (χ3v) is 2.36. The summed E-state index contributed by atoms with van der Waals surface area (Å²) in [6.45, 7) is 7.62. The molecule has 1 atom stereocenters.